The first kappa shape index (κ1) is 19.0. The number of nitrogens with zero attached hydrogens (tertiary/aromatic N) is 2. The van der Waals surface area contributed by atoms with Gasteiger partial charge in [0.05, 0.1) is 6.04 Å². The summed E-state index contributed by atoms with van der Waals surface area (Å²) in [4.78, 5) is 16.4. The van der Waals surface area contributed by atoms with Crippen LogP contribution < -0.4 is 10.1 Å². The van der Waals surface area contributed by atoms with E-state index in [4.69, 9.17) is 9.26 Å². The predicted octanol–water partition coefficient (Wildman–Crippen LogP) is 3.65. The molecule has 2 rings (SSSR count). The van der Waals surface area contributed by atoms with Crippen molar-refractivity contribution in [3.05, 3.63) is 41.7 Å². The Labute approximate surface area is 149 Å². The number of carbonyl (C=O) groups is 1. The molecular weight excluding hydrogens is 318 g/mol. The number of hydrogen-bond donors (Lipinski definition) is 1. The largest absolute Gasteiger partial charge is 0.439 e. The van der Waals surface area contributed by atoms with Crippen molar-refractivity contribution in [3.63, 3.8) is 0 Å². The van der Waals surface area contributed by atoms with Crippen LogP contribution in [0, 0.1) is 5.92 Å². The molecule has 6 nitrogen and oxygen atoms in total. The number of hydrogen-bond acceptors (Lipinski definition) is 5. The van der Waals surface area contributed by atoms with Gasteiger partial charge >= 0.3 is 6.08 Å². The SMILES string of the molecule is CC(C)CC(NC(=O)COc1nc(C(C)(C)C)no1)c1ccccc1. The van der Waals surface area contributed by atoms with Gasteiger partial charge in [-0.1, -0.05) is 70.1 Å². The molecule has 0 saturated carbocycles. The fourth-order valence-electron chi connectivity index (χ4n) is 2.37. The molecule has 25 heavy (non-hydrogen) atoms. The molecule has 6 heteroatoms. The van der Waals surface area contributed by atoms with Crippen molar-refractivity contribution in [1.29, 1.82) is 0 Å². The van der Waals surface area contributed by atoms with Crippen molar-refractivity contribution in [3.8, 4) is 6.08 Å². The molecule has 1 amide bonds. The van der Waals surface area contributed by atoms with Crippen LogP contribution in [0.3, 0.4) is 0 Å². The van der Waals surface area contributed by atoms with Crippen LogP contribution in [0.1, 0.15) is 58.5 Å². The summed E-state index contributed by atoms with van der Waals surface area (Å²) in [5.41, 5.74) is 0.848. The smallest absolute Gasteiger partial charge is 0.417 e. The number of amides is 1. The second-order valence-corrected chi connectivity index (χ2v) is 7.58. The standard InChI is InChI=1S/C19H27N3O3/c1-13(2)11-15(14-9-7-6-8-10-14)20-16(23)12-24-18-21-17(22-25-18)19(3,4)5/h6-10,13,15H,11-12H2,1-5H3,(H,20,23). The minimum absolute atomic E-state index is 0.0141. The summed E-state index contributed by atoms with van der Waals surface area (Å²) in [6.45, 7) is 10.0. The normalized spacial score (nSPS) is 12.9. The van der Waals surface area contributed by atoms with Crippen LogP contribution >= 0.6 is 0 Å². The lowest BCUT2D eigenvalue weighted by Crippen LogP contribution is -2.33. The van der Waals surface area contributed by atoms with Crippen molar-refractivity contribution in [2.45, 2.75) is 52.5 Å². The Bertz CT molecular complexity index is 675. The fourth-order valence-corrected chi connectivity index (χ4v) is 2.37. The first-order valence-corrected chi connectivity index (χ1v) is 8.57. The Morgan fingerprint density at radius 1 is 1.24 bits per heavy atom. The zero-order valence-electron chi connectivity index (χ0n) is 15.6. The Morgan fingerprint density at radius 2 is 1.92 bits per heavy atom. The molecular formula is C19H27N3O3. The van der Waals surface area contributed by atoms with E-state index in [1.807, 2.05) is 51.1 Å². The van der Waals surface area contributed by atoms with E-state index in [0.29, 0.717) is 11.7 Å². The van der Waals surface area contributed by atoms with Crippen molar-refractivity contribution < 1.29 is 14.1 Å². The average molecular weight is 345 g/mol. The molecule has 0 fully saturated rings. The van der Waals surface area contributed by atoms with Crippen LogP contribution in [0.15, 0.2) is 34.9 Å². The molecule has 0 spiro atoms. The van der Waals surface area contributed by atoms with Gasteiger partial charge in [0.15, 0.2) is 12.4 Å². The molecule has 1 atom stereocenters. The first-order valence-electron chi connectivity index (χ1n) is 8.57. The maximum atomic E-state index is 12.3. The third-order valence-electron chi connectivity index (χ3n) is 3.65. The van der Waals surface area contributed by atoms with Crippen LogP contribution in [0.2, 0.25) is 0 Å². The van der Waals surface area contributed by atoms with Gasteiger partial charge in [0.25, 0.3) is 5.91 Å². The molecule has 1 N–H and O–H groups in total. The molecule has 136 valence electrons. The van der Waals surface area contributed by atoms with Crippen LogP contribution in [-0.4, -0.2) is 22.7 Å². The van der Waals surface area contributed by atoms with Gasteiger partial charge in [-0.15, -0.1) is 0 Å². The number of benzene rings is 1. The predicted molar refractivity (Wildman–Crippen MR) is 95.3 cm³/mol. The van der Waals surface area contributed by atoms with E-state index in [9.17, 15) is 4.79 Å². The lowest BCUT2D eigenvalue weighted by Gasteiger charge is -2.21. The molecule has 0 radical (unpaired) electrons. The van der Waals surface area contributed by atoms with Gasteiger partial charge in [0.2, 0.25) is 0 Å². The fraction of sp³-hybridized carbons (Fsp3) is 0.526. The van der Waals surface area contributed by atoms with E-state index in [0.717, 1.165) is 12.0 Å². The monoisotopic (exact) mass is 345 g/mol. The highest BCUT2D eigenvalue weighted by molar-refractivity contribution is 5.77. The summed E-state index contributed by atoms with van der Waals surface area (Å²) in [7, 11) is 0. The van der Waals surface area contributed by atoms with E-state index in [1.54, 1.807) is 0 Å². The number of carbonyl (C=O) groups excluding carboxylic acids is 1. The molecule has 2 aromatic rings. The van der Waals surface area contributed by atoms with E-state index >= 15 is 0 Å². The molecule has 1 aromatic carbocycles. The highest BCUT2D eigenvalue weighted by Gasteiger charge is 2.22. The molecule has 0 saturated heterocycles. The first-order chi connectivity index (χ1) is 11.8. The topological polar surface area (TPSA) is 77.2 Å². The Kier molecular flexibility index (Phi) is 6.17. The van der Waals surface area contributed by atoms with Gasteiger partial charge in [-0.05, 0) is 17.9 Å². The third kappa shape index (κ3) is 5.89. The molecule has 0 aliphatic rings. The summed E-state index contributed by atoms with van der Waals surface area (Å²) >= 11 is 0. The van der Waals surface area contributed by atoms with Crippen LogP contribution in [0.5, 0.6) is 6.08 Å². The maximum Gasteiger partial charge on any atom is 0.417 e. The van der Waals surface area contributed by atoms with E-state index in [2.05, 4.69) is 29.3 Å². The van der Waals surface area contributed by atoms with Gasteiger partial charge < -0.3 is 10.1 Å². The Morgan fingerprint density at radius 3 is 2.48 bits per heavy atom. The molecule has 0 aliphatic heterocycles. The van der Waals surface area contributed by atoms with Crippen molar-refractivity contribution in [2.24, 2.45) is 5.92 Å². The van der Waals surface area contributed by atoms with E-state index in [-0.39, 0.29) is 30.0 Å². The summed E-state index contributed by atoms with van der Waals surface area (Å²) in [5.74, 6) is 0.784. The molecule has 1 heterocycles. The van der Waals surface area contributed by atoms with Gasteiger partial charge in [-0.3, -0.25) is 9.32 Å². The third-order valence-corrected chi connectivity index (χ3v) is 3.65. The Hall–Kier alpha value is -2.37. The van der Waals surface area contributed by atoms with Crippen molar-refractivity contribution in [2.75, 3.05) is 6.61 Å². The Balaban J connectivity index is 1.94. The van der Waals surface area contributed by atoms with E-state index in [1.165, 1.54) is 0 Å². The van der Waals surface area contributed by atoms with Gasteiger partial charge in [0, 0.05) is 5.41 Å². The van der Waals surface area contributed by atoms with Crippen LogP contribution in [-0.2, 0) is 10.2 Å². The lowest BCUT2D eigenvalue weighted by atomic mass is 9.96. The summed E-state index contributed by atoms with van der Waals surface area (Å²) in [6, 6.07) is 9.88. The molecule has 0 aliphatic carbocycles. The van der Waals surface area contributed by atoms with Gasteiger partial charge in [-0.25, -0.2) is 0 Å². The zero-order valence-corrected chi connectivity index (χ0v) is 15.6. The van der Waals surface area contributed by atoms with Crippen molar-refractivity contribution in [1.82, 2.24) is 15.5 Å². The lowest BCUT2D eigenvalue weighted by molar-refractivity contribution is -0.124. The zero-order chi connectivity index (χ0) is 18.4. The molecule has 1 aromatic heterocycles. The van der Waals surface area contributed by atoms with Crippen LogP contribution in [0.25, 0.3) is 0 Å². The summed E-state index contributed by atoms with van der Waals surface area (Å²) in [5, 5.41) is 6.89. The summed E-state index contributed by atoms with van der Waals surface area (Å²) < 4.78 is 10.4. The number of aromatic nitrogens is 2. The maximum absolute atomic E-state index is 12.3. The summed E-state index contributed by atoms with van der Waals surface area (Å²) in [6.07, 6.45) is 0.866. The van der Waals surface area contributed by atoms with Gasteiger partial charge in [0.1, 0.15) is 0 Å². The van der Waals surface area contributed by atoms with Crippen molar-refractivity contribution >= 4 is 5.91 Å². The van der Waals surface area contributed by atoms with Crippen LogP contribution in [0.4, 0.5) is 0 Å². The number of rotatable bonds is 7. The van der Waals surface area contributed by atoms with E-state index < -0.39 is 0 Å². The second-order valence-electron chi connectivity index (χ2n) is 7.58. The molecule has 0 bridgehead atoms. The van der Waals surface area contributed by atoms with Gasteiger partial charge in [-0.2, -0.15) is 4.98 Å². The minimum atomic E-state index is -0.233. The minimum Gasteiger partial charge on any atom is -0.439 e. The number of ether oxygens (including phenoxy) is 1. The highest BCUT2D eigenvalue weighted by Crippen LogP contribution is 2.22. The quantitative estimate of drug-likeness (QED) is 0.829. The second kappa shape index (κ2) is 8.14. The number of nitrogens with one attached hydrogen (secondary N) is 1. The molecule has 1 unspecified atom stereocenters. The average Bonchev–Trinajstić information content (AvgIpc) is 3.02. The highest BCUT2D eigenvalue weighted by atomic mass is 16.6.